The van der Waals surface area contributed by atoms with Gasteiger partial charge in [0.25, 0.3) is 0 Å². The van der Waals surface area contributed by atoms with Crippen molar-refractivity contribution in [2.24, 2.45) is 0 Å². The number of halogens is 5. The second-order valence-electron chi connectivity index (χ2n) is 4.25. The van der Waals surface area contributed by atoms with Gasteiger partial charge in [0, 0.05) is 4.47 Å². The molecule has 1 N–H and O–H groups in total. The lowest BCUT2D eigenvalue weighted by atomic mass is 10.1. The van der Waals surface area contributed by atoms with Crippen molar-refractivity contribution in [2.75, 3.05) is 5.32 Å². The molecular weight excluding hydrogens is 404 g/mol. The molecule has 0 amide bonds. The van der Waals surface area contributed by atoms with Crippen LogP contribution in [0.2, 0.25) is 20.1 Å². The number of hydrogen-bond acceptors (Lipinski definition) is 1. The standard InChI is InChI=1S/C14H10BrCl4N/c1-7(9-3-5-11(17)14(19)13(9)18)20-12-6-8(15)2-4-10(12)16/h2-7,20H,1H3. The van der Waals surface area contributed by atoms with Crippen molar-refractivity contribution < 1.29 is 0 Å². The van der Waals surface area contributed by atoms with Crippen LogP contribution in [0.5, 0.6) is 0 Å². The highest BCUT2D eigenvalue weighted by Gasteiger charge is 2.15. The first-order chi connectivity index (χ1) is 9.40. The lowest BCUT2D eigenvalue weighted by molar-refractivity contribution is 0.885. The van der Waals surface area contributed by atoms with Gasteiger partial charge in [-0.05, 0) is 36.8 Å². The van der Waals surface area contributed by atoms with Crippen molar-refractivity contribution in [1.82, 2.24) is 0 Å². The molecule has 0 bridgehead atoms. The van der Waals surface area contributed by atoms with Crippen LogP contribution in [-0.2, 0) is 0 Å². The van der Waals surface area contributed by atoms with Gasteiger partial charge in [-0.2, -0.15) is 0 Å². The summed E-state index contributed by atoms with van der Waals surface area (Å²) < 4.78 is 0.942. The molecule has 2 rings (SSSR count). The van der Waals surface area contributed by atoms with E-state index in [1.54, 1.807) is 6.07 Å². The largest absolute Gasteiger partial charge is 0.377 e. The lowest BCUT2D eigenvalue weighted by Gasteiger charge is -2.19. The Kier molecular flexibility index (Phi) is 5.49. The van der Waals surface area contributed by atoms with E-state index in [1.807, 2.05) is 31.2 Å². The van der Waals surface area contributed by atoms with Crippen LogP contribution in [0.15, 0.2) is 34.8 Å². The van der Waals surface area contributed by atoms with E-state index in [2.05, 4.69) is 21.2 Å². The number of benzene rings is 2. The van der Waals surface area contributed by atoms with Gasteiger partial charge in [-0.1, -0.05) is 68.4 Å². The Bertz CT molecular complexity index is 645. The third-order valence-electron chi connectivity index (χ3n) is 2.83. The van der Waals surface area contributed by atoms with Gasteiger partial charge in [0.05, 0.1) is 31.8 Å². The zero-order valence-corrected chi connectivity index (χ0v) is 15.0. The predicted octanol–water partition coefficient (Wildman–Crippen LogP) is 7.24. The summed E-state index contributed by atoms with van der Waals surface area (Å²) in [6.45, 7) is 1.97. The molecule has 6 heteroatoms. The Labute approximate surface area is 146 Å². The normalized spacial score (nSPS) is 12.3. The van der Waals surface area contributed by atoms with Gasteiger partial charge in [0.2, 0.25) is 0 Å². The summed E-state index contributed by atoms with van der Waals surface area (Å²) in [5.41, 5.74) is 1.67. The van der Waals surface area contributed by atoms with Crippen LogP contribution < -0.4 is 5.32 Å². The topological polar surface area (TPSA) is 12.0 Å². The SMILES string of the molecule is CC(Nc1cc(Br)ccc1Cl)c1ccc(Cl)c(Cl)c1Cl. The Hall–Kier alpha value is -0.120. The summed E-state index contributed by atoms with van der Waals surface area (Å²) in [5, 5.41) is 5.19. The Balaban J connectivity index is 2.31. The minimum Gasteiger partial charge on any atom is -0.377 e. The maximum absolute atomic E-state index is 6.23. The average Bonchev–Trinajstić information content (AvgIpc) is 2.40. The fraction of sp³-hybridized carbons (Fsp3) is 0.143. The summed E-state index contributed by atoms with van der Waals surface area (Å²) in [6, 6.07) is 9.11. The Morgan fingerprint density at radius 3 is 2.30 bits per heavy atom. The number of hydrogen-bond donors (Lipinski definition) is 1. The monoisotopic (exact) mass is 411 g/mol. The molecule has 0 heterocycles. The van der Waals surface area contributed by atoms with Crippen LogP contribution >= 0.6 is 62.3 Å². The molecule has 1 atom stereocenters. The molecule has 0 aliphatic heterocycles. The Morgan fingerprint density at radius 1 is 0.950 bits per heavy atom. The van der Waals surface area contributed by atoms with E-state index in [9.17, 15) is 0 Å². The zero-order chi connectivity index (χ0) is 14.9. The Morgan fingerprint density at radius 2 is 1.60 bits per heavy atom. The highest BCUT2D eigenvalue weighted by Crippen LogP contribution is 2.37. The summed E-state index contributed by atoms with van der Waals surface area (Å²) in [5.74, 6) is 0. The van der Waals surface area contributed by atoms with Gasteiger partial charge < -0.3 is 5.32 Å². The fourth-order valence-corrected chi connectivity index (χ4v) is 3.03. The van der Waals surface area contributed by atoms with E-state index in [-0.39, 0.29) is 6.04 Å². The second kappa shape index (κ2) is 6.76. The molecule has 2 aromatic carbocycles. The van der Waals surface area contributed by atoms with E-state index in [4.69, 9.17) is 46.4 Å². The van der Waals surface area contributed by atoms with E-state index < -0.39 is 0 Å². The van der Waals surface area contributed by atoms with Gasteiger partial charge in [0.1, 0.15) is 0 Å². The van der Waals surface area contributed by atoms with Crippen LogP contribution in [0.3, 0.4) is 0 Å². The van der Waals surface area contributed by atoms with Crippen LogP contribution in [0, 0.1) is 0 Å². The molecular formula is C14H10BrCl4N. The quantitative estimate of drug-likeness (QED) is 0.523. The molecule has 0 saturated carbocycles. The van der Waals surface area contributed by atoms with E-state index in [0.29, 0.717) is 20.1 Å². The zero-order valence-electron chi connectivity index (χ0n) is 10.4. The highest BCUT2D eigenvalue weighted by molar-refractivity contribution is 9.10. The summed E-state index contributed by atoms with van der Waals surface area (Å²) >= 11 is 27.8. The minimum absolute atomic E-state index is 0.0657. The van der Waals surface area contributed by atoms with Crippen molar-refractivity contribution >= 4 is 68.0 Å². The van der Waals surface area contributed by atoms with E-state index >= 15 is 0 Å². The minimum atomic E-state index is -0.0657. The molecule has 1 nitrogen and oxygen atoms in total. The third-order valence-corrected chi connectivity index (χ3v) is 4.96. The average molecular weight is 414 g/mol. The number of anilines is 1. The molecule has 106 valence electrons. The maximum Gasteiger partial charge on any atom is 0.0782 e. The molecule has 0 radical (unpaired) electrons. The maximum atomic E-state index is 6.23. The van der Waals surface area contributed by atoms with Crippen molar-refractivity contribution in [2.45, 2.75) is 13.0 Å². The number of rotatable bonds is 3. The first-order valence-electron chi connectivity index (χ1n) is 5.75. The first kappa shape index (κ1) is 16.3. The predicted molar refractivity (Wildman–Crippen MR) is 92.7 cm³/mol. The molecule has 0 saturated heterocycles. The van der Waals surface area contributed by atoms with Gasteiger partial charge in [0.15, 0.2) is 0 Å². The first-order valence-corrected chi connectivity index (χ1v) is 8.05. The highest BCUT2D eigenvalue weighted by atomic mass is 79.9. The molecule has 0 spiro atoms. The molecule has 0 aliphatic rings. The molecule has 0 aliphatic carbocycles. The van der Waals surface area contributed by atoms with Gasteiger partial charge in [-0.25, -0.2) is 0 Å². The second-order valence-corrected chi connectivity index (χ2v) is 6.74. The molecule has 0 fully saturated rings. The van der Waals surface area contributed by atoms with Gasteiger partial charge in [-0.3, -0.25) is 0 Å². The van der Waals surface area contributed by atoms with Crippen molar-refractivity contribution in [1.29, 1.82) is 0 Å². The number of nitrogens with one attached hydrogen (secondary N) is 1. The summed E-state index contributed by atoms with van der Waals surface area (Å²) in [4.78, 5) is 0. The van der Waals surface area contributed by atoms with Crippen LogP contribution in [-0.4, -0.2) is 0 Å². The van der Waals surface area contributed by atoms with Crippen molar-refractivity contribution in [3.05, 3.63) is 60.5 Å². The van der Waals surface area contributed by atoms with Crippen LogP contribution in [0.1, 0.15) is 18.5 Å². The molecule has 1 unspecified atom stereocenters. The smallest absolute Gasteiger partial charge is 0.0782 e. The third kappa shape index (κ3) is 3.55. The van der Waals surface area contributed by atoms with Crippen LogP contribution in [0.4, 0.5) is 5.69 Å². The molecule has 20 heavy (non-hydrogen) atoms. The van der Waals surface area contributed by atoms with Crippen molar-refractivity contribution in [3.63, 3.8) is 0 Å². The van der Waals surface area contributed by atoms with Gasteiger partial charge >= 0.3 is 0 Å². The van der Waals surface area contributed by atoms with E-state index in [0.717, 1.165) is 15.7 Å². The fourth-order valence-electron chi connectivity index (χ4n) is 1.79. The summed E-state index contributed by atoms with van der Waals surface area (Å²) in [6.07, 6.45) is 0. The van der Waals surface area contributed by atoms with Gasteiger partial charge in [-0.15, -0.1) is 0 Å². The molecule has 0 aromatic heterocycles. The summed E-state index contributed by atoms with van der Waals surface area (Å²) in [7, 11) is 0. The lowest BCUT2D eigenvalue weighted by Crippen LogP contribution is -2.08. The molecule has 2 aromatic rings. The van der Waals surface area contributed by atoms with Crippen molar-refractivity contribution in [3.8, 4) is 0 Å². The van der Waals surface area contributed by atoms with Crippen LogP contribution in [0.25, 0.3) is 0 Å². The van der Waals surface area contributed by atoms with E-state index in [1.165, 1.54) is 0 Å².